The van der Waals surface area contributed by atoms with Crippen molar-refractivity contribution in [2.75, 3.05) is 31.9 Å². The predicted molar refractivity (Wildman–Crippen MR) is 80.8 cm³/mol. The Bertz CT molecular complexity index is 769. The number of thiazole rings is 1. The SMILES string of the molecule is Nc1nc2sccn2c1S(=O)(=O)N1CCN(C2CC2)CC1. The first-order valence-electron chi connectivity index (χ1n) is 7.02. The van der Waals surface area contributed by atoms with Crippen LogP contribution < -0.4 is 5.73 Å². The quantitative estimate of drug-likeness (QED) is 0.885. The van der Waals surface area contributed by atoms with Crippen LogP contribution in [-0.4, -0.2) is 59.2 Å². The second-order valence-corrected chi connectivity index (χ2v) is 8.26. The first kappa shape index (κ1) is 13.5. The standard InChI is InChI=1S/C12H17N5O2S2/c13-10-11(17-7-8-20-12(17)14-10)21(18,19)16-5-3-15(4-6-16)9-1-2-9/h7-9H,1-6,13H2. The van der Waals surface area contributed by atoms with Crippen molar-refractivity contribution >= 4 is 32.1 Å². The molecular formula is C12H17N5O2S2. The van der Waals surface area contributed by atoms with E-state index in [9.17, 15) is 8.42 Å². The number of piperazine rings is 1. The van der Waals surface area contributed by atoms with Gasteiger partial charge in [0, 0.05) is 43.8 Å². The Hall–Kier alpha value is -1.16. The van der Waals surface area contributed by atoms with E-state index in [1.165, 1.54) is 28.5 Å². The van der Waals surface area contributed by atoms with Crippen LogP contribution in [0.2, 0.25) is 0 Å². The van der Waals surface area contributed by atoms with Gasteiger partial charge in [0.15, 0.2) is 15.8 Å². The molecule has 3 heterocycles. The molecular weight excluding hydrogens is 310 g/mol. The van der Waals surface area contributed by atoms with Crippen molar-refractivity contribution in [3.05, 3.63) is 11.6 Å². The number of hydrogen-bond acceptors (Lipinski definition) is 6. The summed E-state index contributed by atoms with van der Waals surface area (Å²) in [7, 11) is -3.59. The molecule has 2 fully saturated rings. The van der Waals surface area contributed by atoms with Crippen molar-refractivity contribution in [2.24, 2.45) is 0 Å². The molecule has 9 heteroatoms. The van der Waals surface area contributed by atoms with Crippen molar-refractivity contribution < 1.29 is 8.42 Å². The van der Waals surface area contributed by atoms with Gasteiger partial charge in [-0.05, 0) is 12.8 Å². The number of nitrogens with zero attached hydrogens (tertiary/aromatic N) is 4. The minimum Gasteiger partial charge on any atom is -0.381 e. The number of hydrogen-bond donors (Lipinski definition) is 1. The fourth-order valence-corrected chi connectivity index (χ4v) is 5.28. The van der Waals surface area contributed by atoms with Gasteiger partial charge in [-0.15, -0.1) is 11.3 Å². The molecule has 1 aliphatic carbocycles. The minimum atomic E-state index is -3.59. The average molecular weight is 327 g/mol. The molecule has 0 aromatic carbocycles. The van der Waals surface area contributed by atoms with Crippen molar-refractivity contribution in [1.82, 2.24) is 18.6 Å². The zero-order chi connectivity index (χ0) is 14.6. The van der Waals surface area contributed by atoms with Crippen LogP contribution in [0.25, 0.3) is 4.96 Å². The molecule has 0 amide bonds. The number of nitrogens with two attached hydrogens (primary N) is 1. The molecule has 4 rings (SSSR count). The molecule has 1 aliphatic heterocycles. The summed E-state index contributed by atoms with van der Waals surface area (Å²) >= 11 is 1.38. The topological polar surface area (TPSA) is 83.9 Å². The van der Waals surface area contributed by atoms with Crippen molar-refractivity contribution in [1.29, 1.82) is 0 Å². The molecule has 1 saturated heterocycles. The van der Waals surface area contributed by atoms with Crippen LogP contribution >= 0.6 is 11.3 Å². The Morgan fingerprint density at radius 2 is 1.95 bits per heavy atom. The zero-order valence-electron chi connectivity index (χ0n) is 11.5. The number of anilines is 1. The summed E-state index contributed by atoms with van der Waals surface area (Å²) in [5, 5.41) is 1.92. The van der Waals surface area contributed by atoms with Crippen molar-refractivity contribution in [3.63, 3.8) is 0 Å². The van der Waals surface area contributed by atoms with Crippen LogP contribution in [0.1, 0.15) is 12.8 Å². The van der Waals surface area contributed by atoms with Gasteiger partial charge in [0.1, 0.15) is 0 Å². The highest BCUT2D eigenvalue weighted by Gasteiger charge is 2.37. The van der Waals surface area contributed by atoms with E-state index in [2.05, 4.69) is 9.88 Å². The van der Waals surface area contributed by atoms with E-state index >= 15 is 0 Å². The van der Waals surface area contributed by atoms with E-state index in [4.69, 9.17) is 5.73 Å². The summed E-state index contributed by atoms with van der Waals surface area (Å²) in [4.78, 5) is 7.12. The summed E-state index contributed by atoms with van der Waals surface area (Å²) < 4.78 is 28.8. The smallest absolute Gasteiger partial charge is 0.262 e. The fourth-order valence-electron chi connectivity index (χ4n) is 2.91. The number of sulfonamides is 1. The maximum absolute atomic E-state index is 12.8. The first-order valence-corrected chi connectivity index (χ1v) is 9.34. The molecule has 0 radical (unpaired) electrons. The summed E-state index contributed by atoms with van der Waals surface area (Å²) in [5.41, 5.74) is 5.83. The first-order chi connectivity index (χ1) is 10.1. The molecule has 7 nitrogen and oxygen atoms in total. The van der Waals surface area contributed by atoms with Gasteiger partial charge in [-0.3, -0.25) is 9.30 Å². The zero-order valence-corrected chi connectivity index (χ0v) is 13.1. The van der Waals surface area contributed by atoms with E-state index in [0.29, 0.717) is 24.1 Å². The Balaban J connectivity index is 1.64. The largest absolute Gasteiger partial charge is 0.381 e. The van der Waals surface area contributed by atoms with Crippen LogP contribution in [0.3, 0.4) is 0 Å². The van der Waals surface area contributed by atoms with E-state index in [0.717, 1.165) is 13.1 Å². The van der Waals surface area contributed by atoms with Gasteiger partial charge in [0.25, 0.3) is 10.0 Å². The van der Waals surface area contributed by atoms with Crippen LogP contribution in [-0.2, 0) is 10.0 Å². The molecule has 2 aromatic heterocycles. The molecule has 0 bridgehead atoms. The Morgan fingerprint density at radius 3 is 2.62 bits per heavy atom. The molecule has 114 valence electrons. The maximum Gasteiger partial charge on any atom is 0.262 e. The van der Waals surface area contributed by atoms with Crippen LogP contribution in [0.15, 0.2) is 16.6 Å². The number of aromatic nitrogens is 2. The summed E-state index contributed by atoms with van der Waals surface area (Å²) in [6.07, 6.45) is 4.20. The average Bonchev–Trinajstić information content (AvgIpc) is 3.13. The third kappa shape index (κ3) is 2.15. The molecule has 21 heavy (non-hydrogen) atoms. The van der Waals surface area contributed by atoms with Gasteiger partial charge in [0.05, 0.1) is 0 Å². The molecule has 2 N–H and O–H groups in total. The van der Waals surface area contributed by atoms with E-state index in [1.807, 2.05) is 5.38 Å². The molecule has 2 aromatic rings. The number of imidazole rings is 1. The molecule has 2 aliphatic rings. The lowest BCUT2D eigenvalue weighted by Gasteiger charge is -2.33. The number of fused-ring (bicyclic) bond motifs is 1. The predicted octanol–water partition coefficient (Wildman–Crippen LogP) is 0.447. The third-order valence-corrected chi connectivity index (χ3v) is 6.86. The second-order valence-electron chi connectivity index (χ2n) is 5.53. The molecule has 0 atom stereocenters. The lowest BCUT2D eigenvalue weighted by Crippen LogP contribution is -2.49. The van der Waals surface area contributed by atoms with E-state index in [-0.39, 0.29) is 10.8 Å². The van der Waals surface area contributed by atoms with Gasteiger partial charge in [-0.25, -0.2) is 13.4 Å². The van der Waals surface area contributed by atoms with Crippen LogP contribution in [0.4, 0.5) is 5.82 Å². The summed E-state index contributed by atoms with van der Waals surface area (Å²) in [5.74, 6) is 0.0893. The third-order valence-electron chi connectivity index (χ3n) is 4.16. The van der Waals surface area contributed by atoms with Crippen molar-refractivity contribution in [2.45, 2.75) is 23.9 Å². The summed E-state index contributed by atoms with van der Waals surface area (Å²) in [6.45, 7) is 2.65. The lowest BCUT2D eigenvalue weighted by molar-refractivity contribution is 0.180. The highest BCUT2D eigenvalue weighted by atomic mass is 32.2. The molecule has 0 unspecified atom stereocenters. The lowest BCUT2D eigenvalue weighted by atomic mass is 10.3. The van der Waals surface area contributed by atoms with Crippen molar-refractivity contribution in [3.8, 4) is 0 Å². The molecule has 1 saturated carbocycles. The Kier molecular flexibility index (Phi) is 3.00. The van der Waals surface area contributed by atoms with E-state index in [1.54, 1.807) is 10.6 Å². The normalized spacial score (nSPS) is 22.1. The highest BCUT2D eigenvalue weighted by Crippen LogP contribution is 2.30. The van der Waals surface area contributed by atoms with Gasteiger partial charge < -0.3 is 5.73 Å². The van der Waals surface area contributed by atoms with Gasteiger partial charge in [0.2, 0.25) is 0 Å². The number of nitrogen functional groups attached to an aromatic ring is 1. The fraction of sp³-hybridized carbons (Fsp3) is 0.583. The van der Waals surface area contributed by atoms with Gasteiger partial charge in [-0.1, -0.05) is 0 Å². The van der Waals surface area contributed by atoms with Gasteiger partial charge >= 0.3 is 0 Å². The van der Waals surface area contributed by atoms with Gasteiger partial charge in [-0.2, -0.15) is 4.31 Å². The van der Waals surface area contributed by atoms with Crippen LogP contribution in [0, 0.1) is 0 Å². The number of rotatable bonds is 3. The monoisotopic (exact) mass is 327 g/mol. The molecule has 0 spiro atoms. The Labute approximate surface area is 127 Å². The van der Waals surface area contributed by atoms with E-state index < -0.39 is 10.0 Å². The Morgan fingerprint density at radius 1 is 1.24 bits per heavy atom. The minimum absolute atomic E-state index is 0.0893. The van der Waals surface area contributed by atoms with Crippen LogP contribution in [0.5, 0.6) is 0 Å². The second kappa shape index (κ2) is 4.67. The maximum atomic E-state index is 12.8. The summed E-state index contributed by atoms with van der Waals surface area (Å²) in [6, 6.07) is 0.679. The highest BCUT2D eigenvalue weighted by molar-refractivity contribution is 7.89.